The number of aliphatic carboxylic acids is 1. The first-order valence-electron chi connectivity index (χ1n) is 3.96. The number of halogens is 2. The molecule has 1 aromatic heterocycles. The molecule has 1 unspecified atom stereocenters. The van der Waals surface area contributed by atoms with E-state index >= 15 is 0 Å². The monoisotopic (exact) mass is 385 g/mol. The third kappa shape index (κ3) is 2.17. The number of carboxylic acid groups (broad SMARTS) is 1. The van der Waals surface area contributed by atoms with Crippen molar-refractivity contribution >= 4 is 44.5 Å². The van der Waals surface area contributed by atoms with Gasteiger partial charge in [-0.2, -0.15) is 0 Å². The van der Waals surface area contributed by atoms with E-state index in [1.54, 1.807) is 6.07 Å². The molecule has 0 spiro atoms. The van der Waals surface area contributed by atoms with Gasteiger partial charge in [0.05, 0.1) is 0 Å². The second-order valence-electron chi connectivity index (χ2n) is 2.82. The van der Waals surface area contributed by atoms with Crippen molar-refractivity contribution in [3.8, 4) is 11.5 Å². The van der Waals surface area contributed by atoms with Gasteiger partial charge in [-0.3, -0.25) is 0 Å². The first-order valence-corrected chi connectivity index (χ1v) is 5.83. The van der Waals surface area contributed by atoms with Crippen LogP contribution < -0.4 is 9.47 Å². The van der Waals surface area contributed by atoms with Crippen LogP contribution in [0.15, 0.2) is 10.7 Å². The maximum Gasteiger partial charge on any atom is 0.348 e. The molecule has 5 nitrogen and oxygen atoms in total. The summed E-state index contributed by atoms with van der Waals surface area (Å²) >= 11 is 5.23. The molecule has 1 aliphatic heterocycles. The van der Waals surface area contributed by atoms with Gasteiger partial charge in [0.25, 0.3) is 0 Å². The van der Waals surface area contributed by atoms with Gasteiger partial charge >= 0.3 is 5.97 Å². The lowest BCUT2D eigenvalue weighted by atomic mass is 10.3. The second kappa shape index (κ2) is 4.12. The minimum absolute atomic E-state index is 0.0107. The van der Waals surface area contributed by atoms with E-state index < -0.39 is 12.1 Å². The minimum Gasteiger partial charge on any atom is -0.482 e. The molecule has 1 aromatic rings. The lowest BCUT2D eigenvalue weighted by molar-refractivity contribution is -0.147. The average Bonchev–Trinajstić information content (AvgIpc) is 2.16. The van der Waals surface area contributed by atoms with Gasteiger partial charge in [-0.25, -0.2) is 9.78 Å². The lowest BCUT2D eigenvalue weighted by Gasteiger charge is -2.24. The number of carboxylic acids is 1. The Hall–Kier alpha value is -0.570. The number of rotatable bonds is 1. The highest BCUT2D eigenvalue weighted by Crippen LogP contribution is 2.38. The molecule has 0 fully saturated rings. The Morgan fingerprint density at radius 2 is 2.47 bits per heavy atom. The fourth-order valence-electron chi connectivity index (χ4n) is 1.14. The number of pyridine rings is 1. The lowest BCUT2D eigenvalue weighted by Crippen LogP contribution is -2.36. The SMILES string of the molecule is O=C(O)C1COc2c(cc(I)nc2Br)O1. The van der Waals surface area contributed by atoms with Crippen LogP contribution >= 0.6 is 38.5 Å². The number of fused-ring (bicyclic) bond motifs is 1. The van der Waals surface area contributed by atoms with Crippen LogP contribution in [0.2, 0.25) is 0 Å². The molecular weight excluding hydrogens is 381 g/mol. The maximum atomic E-state index is 10.7. The highest BCUT2D eigenvalue weighted by Gasteiger charge is 2.29. The van der Waals surface area contributed by atoms with E-state index in [1.165, 1.54) is 0 Å². The summed E-state index contributed by atoms with van der Waals surface area (Å²) in [5.41, 5.74) is 0. The minimum atomic E-state index is -1.04. The van der Waals surface area contributed by atoms with Crippen molar-refractivity contribution in [1.29, 1.82) is 0 Å². The van der Waals surface area contributed by atoms with E-state index in [9.17, 15) is 4.79 Å². The normalized spacial score (nSPS) is 18.7. The zero-order chi connectivity index (χ0) is 11.0. The third-order valence-electron chi connectivity index (χ3n) is 1.79. The van der Waals surface area contributed by atoms with Crippen LogP contribution in [0, 0.1) is 3.70 Å². The topological polar surface area (TPSA) is 68.7 Å². The zero-order valence-corrected chi connectivity index (χ0v) is 11.0. The van der Waals surface area contributed by atoms with E-state index in [0.717, 1.165) is 0 Å². The zero-order valence-electron chi connectivity index (χ0n) is 7.24. The van der Waals surface area contributed by atoms with Gasteiger partial charge in [0.1, 0.15) is 10.3 Å². The molecular formula is C8H5BrINO4. The largest absolute Gasteiger partial charge is 0.482 e. The van der Waals surface area contributed by atoms with Crippen LogP contribution in [0.3, 0.4) is 0 Å². The summed E-state index contributed by atoms with van der Waals surface area (Å²) in [5.74, 6) is -0.184. The van der Waals surface area contributed by atoms with Gasteiger partial charge in [-0.05, 0) is 38.5 Å². The molecule has 0 saturated heterocycles. The van der Waals surface area contributed by atoms with Crippen molar-refractivity contribution in [2.45, 2.75) is 6.10 Å². The van der Waals surface area contributed by atoms with E-state index in [0.29, 0.717) is 19.8 Å². The standard InChI is InChI=1S/C8H5BrINO4/c9-7-6-3(1-5(10)11-7)15-4(2-14-6)8(12)13/h1,4H,2H2,(H,12,13). The second-order valence-corrected chi connectivity index (χ2v) is 4.68. The average molecular weight is 386 g/mol. The Morgan fingerprint density at radius 1 is 1.73 bits per heavy atom. The van der Waals surface area contributed by atoms with Gasteiger partial charge in [0.15, 0.2) is 16.1 Å². The first-order chi connectivity index (χ1) is 7.08. The highest BCUT2D eigenvalue weighted by atomic mass is 127. The Kier molecular flexibility index (Phi) is 3.01. The number of nitrogens with zero attached hydrogens (tertiary/aromatic N) is 1. The molecule has 0 saturated carbocycles. The van der Waals surface area contributed by atoms with Crippen LogP contribution in [-0.2, 0) is 4.79 Å². The molecule has 2 heterocycles. The van der Waals surface area contributed by atoms with Crippen molar-refractivity contribution in [1.82, 2.24) is 4.98 Å². The number of hydrogen-bond donors (Lipinski definition) is 1. The van der Waals surface area contributed by atoms with Crippen LogP contribution in [0.5, 0.6) is 11.5 Å². The fraction of sp³-hybridized carbons (Fsp3) is 0.250. The number of ether oxygens (including phenoxy) is 2. The van der Waals surface area contributed by atoms with Gasteiger partial charge in [-0.1, -0.05) is 0 Å². The van der Waals surface area contributed by atoms with Crippen LogP contribution in [0.1, 0.15) is 0 Å². The quantitative estimate of drug-likeness (QED) is 0.588. The molecule has 1 aliphatic rings. The third-order valence-corrected chi connectivity index (χ3v) is 2.88. The molecule has 1 atom stereocenters. The molecule has 7 heteroatoms. The Bertz CT molecular complexity index is 425. The molecule has 2 rings (SSSR count). The Balaban J connectivity index is 2.37. The predicted molar refractivity (Wildman–Crippen MR) is 62.2 cm³/mol. The summed E-state index contributed by atoms with van der Waals surface area (Å²) in [6.07, 6.45) is -0.956. The smallest absolute Gasteiger partial charge is 0.348 e. The molecule has 0 bridgehead atoms. The van der Waals surface area contributed by atoms with Gasteiger partial charge in [0, 0.05) is 6.07 Å². The summed E-state index contributed by atoms with van der Waals surface area (Å²) in [6, 6.07) is 1.63. The Morgan fingerprint density at radius 3 is 3.13 bits per heavy atom. The first kappa shape index (κ1) is 10.9. The van der Waals surface area contributed by atoms with Gasteiger partial charge in [0.2, 0.25) is 6.10 Å². The van der Waals surface area contributed by atoms with Crippen molar-refractivity contribution in [3.63, 3.8) is 0 Å². The van der Waals surface area contributed by atoms with Gasteiger partial charge in [-0.15, -0.1) is 0 Å². The number of aromatic nitrogens is 1. The number of carbonyl (C=O) groups is 1. The van der Waals surface area contributed by atoms with Crippen molar-refractivity contribution in [2.24, 2.45) is 0 Å². The molecule has 80 valence electrons. The molecule has 0 radical (unpaired) electrons. The van der Waals surface area contributed by atoms with E-state index in [2.05, 4.69) is 20.9 Å². The van der Waals surface area contributed by atoms with E-state index in [4.69, 9.17) is 14.6 Å². The van der Waals surface area contributed by atoms with Crippen molar-refractivity contribution in [3.05, 3.63) is 14.4 Å². The van der Waals surface area contributed by atoms with Gasteiger partial charge < -0.3 is 14.6 Å². The molecule has 0 aliphatic carbocycles. The summed E-state index contributed by atoms with van der Waals surface area (Å²) in [4.78, 5) is 14.8. The fourth-order valence-corrected chi connectivity index (χ4v) is 2.49. The number of hydrogen-bond acceptors (Lipinski definition) is 4. The molecule has 0 aromatic carbocycles. The molecule has 15 heavy (non-hydrogen) atoms. The van der Waals surface area contributed by atoms with Crippen LogP contribution in [-0.4, -0.2) is 28.8 Å². The summed E-state index contributed by atoms with van der Waals surface area (Å²) < 4.78 is 11.7. The van der Waals surface area contributed by atoms with Crippen molar-refractivity contribution < 1.29 is 19.4 Å². The Labute approximate surface area is 107 Å². The van der Waals surface area contributed by atoms with Crippen molar-refractivity contribution in [2.75, 3.05) is 6.61 Å². The van der Waals surface area contributed by atoms with E-state index in [-0.39, 0.29) is 6.61 Å². The maximum absolute atomic E-state index is 10.7. The van der Waals surface area contributed by atoms with Crippen LogP contribution in [0.25, 0.3) is 0 Å². The van der Waals surface area contributed by atoms with E-state index in [1.807, 2.05) is 22.6 Å². The highest BCUT2D eigenvalue weighted by molar-refractivity contribution is 14.1. The molecule has 0 amide bonds. The summed E-state index contributed by atoms with van der Waals surface area (Å²) in [6.45, 7) is -0.0107. The van der Waals surface area contributed by atoms with Crippen LogP contribution in [0.4, 0.5) is 0 Å². The summed E-state index contributed by atoms with van der Waals surface area (Å²) in [7, 11) is 0. The molecule has 1 N–H and O–H groups in total. The summed E-state index contributed by atoms with van der Waals surface area (Å²) in [5, 5.41) is 8.77. The predicted octanol–water partition coefficient (Wildman–Crippen LogP) is 1.67.